The number of aromatic nitrogens is 4. The number of nitrogens with zero attached hydrogens (tertiary/aromatic N) is 5. The number of rotatable bonds is 4. The van der Waals surface area contributed by atoms with Crippen LogP contribution < -0.4 is 5.56 Å². The largest absolute Gasteiger partial charge is 0.328 e. The summed E-state index contributed by atoms with van der Waals surface area (Å²) in [4.78, 5) is 38.5. The normalized spacial score (nSPS) is 22.7. The molecule has 1 aliphatic carbocycles. The molecular formula is C24H34N6O2. The quantitative estimate of drug-likeness (QED) is 0.793. The number of hydrogen-bond donors (Lipinski definition) is 1. The van der Waals surface area contributed by atoms with Gasteiger partial charge >= 0.3 is 0 Å². The van der Waals surface area contributed by atoms with Gasteiger partial charge in [-0.3, -0.25) is 19.2 Å². The van der Waals surface area contributed by atoms with Crippen molar-refractivity contribution in [2.45, 2.75) is 70.4 Å². The molecule has 2 aromatic heterocycles. The molecule has 0 spiro atoms. The molecule has 0 unspecified atom stereocenters. The Morgan fingerprint density at radius 2 is 1.94 bits per heavy atom. The molecule has 2 fully saturated rings. The molecule has 0 radical (unpaired) electrons. The van der Waals surface area contributed by atoms with Gasteiger partial charge < -0.3 is 9.88 Å². The molecule has 8 nitrogen and oxygen atoms in total. The van der Waals surface area contributed by atoms with Crippen LogP contribution in [0.3, 0.4) is 0 Å². The van der Waals surface area contributed by atoms with Gasteiger partial charge in [0.1, 0.15) is 5.82 Å². The fourth-order valence-corrected chi connectivity index (χ4v) is 5.71. The highest BCUT2D eigenvalue weighted by Crippen LogP contribution is 2.31. The molecule has 8 heteroatoms. The van der Waals surface area contributed by atoms with Crippen LogP contribution in [0.2, 0.25) is 0 Å². The highest BCUT2D eigenvalue weighted by atomic mass is 16.2. The predicted molar refractivity (Wildman–Crippen MR) is 121 cm³/mol. The Morgan fingerprint density at radius 3 is 2.72 bits per heavy atom. The minimum atomic E-state index is -0.185. The molecule has 2 aromatic rings. The smallest absolute Gasteiger partial charge is 0.257 e. The van der Waals surface area contributed by atoms with Gasteiger partial charge in [-0.2, -0.15) is 5.10 Å². The maximum Gasteiger partial charge on any atom is 0.257 e. The topological polar surface area (TPSA) is 87.1 Å². The molecule has 2 aliphatic heterocycles. The van der Waals surface area contributed by atoms with E-state index >= 15 is 0 Å². The van der Waals surface area contributed by atoms with Crippen LogP contribution in [0.5, 0.6) is 0 Å². The summed E-state index contributed by atoms with van der Waals surface area (Å²) in [6.45, 7) is 3.42. The zero-order valence-corrected chi connectivity index (χ0v) is 19.1. The van der Waals surface area contributed by atoms with Gasteiger partial charge in [0.15, 0.2) is 0 Å². The fourth-order valence-electron chi connectivity index (χ4n) is 5.71. The van der Waals surface area contributed by atoms with Gasteiger partial charge in [0.05, 0.1) is 29.1 Å². The van der Waals surface area contributed by atoms with Crippen LogP contribution in [0.25, 0.3) is 0 Å². The average Bonchev–Trinajstić information content (AvgIpc) is 3.26. The van der Waals surface area contributed by atoms with E-state index in [4.69, 9.17) is 4.98 Å². The maximum absolute atomic E-state index is 13.1. The van der Waals surface area contributed by atoms with Gasteiger partial charge in [-0.15, -0.1) is 0 Å². The summed E-state index contributed by atoms with van der Waals surface area (Å²) < 4.78 is 1.64. The Kier molecular flexibility index (Phi) is 6.13. The Hall–Kier alpha value is -2.48. The third-order valence-electron chi connectivity index (χ3n) is 7.44. The van der Waals surface area contributed by atoms with E-state index in [0.717, 1.165) is 55.9 Å². The molecule has 172 valence electrons. The van der Waals surface area contributed by atoms with E-state index in [2.05, 4.69) is 15.0 Å². The van der Waals surface area contributed by atoms with Crippen molar-refractivity contribution >= 4 is 5.91 Å². The van der Waals surface area contributed by atoms with Crippen LogP contribution in [0.15, 0.2) is 17.2 Å². The number of hydrogen-bond acceptors (Lipinski definition) is 5. The fraction of sp³-hybridized carbons (Fsp3) is 0.667. The van der Waals surface area contributed by atoms with E-state index in [1.807, 2.05) is 11.9 Å². The molecule has 1 atom stereocenters. The zero-order chi connectivity index (χ0) is 22.1. The first-order chi connectivity index (χ1) is 15.6. The summed E-state index contributed by atoms with van der Waals surface area (Å²) in [6.07, 6.45) is 13.7. The number of likely N-dealkylation sites (tertiary alicyclic amines) is 1. The van der Waals surface area contributed by atoms with Crippen molar-refractivity contribution < 1.29 is 4.79 Å². The van der Waals surface area contributed by atoms with Crippen molar-refractivity contribution in [3.8, 4) is 0 Å². The van der Waals surface area contributed by atoms with Crippen LogP contribution in [-0.4, -0.2) is 55.1 Å². The number of H-pyrrole nitrogens is 1. The SMILES string of the molecule is Cn1cc(C(=O)N2CCCC[C@H]2c2nc3c(c(=O)[nH]2)CN(CC2CCCCC2)CC3)cn1. The maximum atomic E-state index is 13.1. The Labute approximate surface area is 189 Å². The van der Waals surface area contributed by atoms with Gasteiger partial charge in [-0.1, -0.05) is 19.3 Å². The van der Waals surface area contributed by atoms with Gasteiger partial charge in [-0.05, 0) is 38.0 Å². The number of amides is 1. The lowest BCUT2D eigenvalue weighted by atomic mass is 9.88. The third kappa shape index (κ3) is 4.37. The second-order valence-corrected chi connectivity index (χ2v) is 9.78. The minimum Gasteiger partial charge on any atom is -0.328 e. The highest BCUT2D eigenvalue weighted by Gasteiger charge is 2.32. The first kappa shape index (κ1) is 21.4. The number of carbonyl (C=O) groups is 1. The van der Waals surface area contributed by atoms with E-state index in [1.165, 1.54) is 32.1 Å². The molecule has 3 aliphatic rings. The summed E-state index contributed by atoms with van der Waals surface area (Å²) in [5, 5.41) is 4.14. The monoisotopic (exact) mass is 438 g/mol. The second kappa shape index (κ2) is 9.17. The van der Waals surface area contributed by atoms with Crippen molar-refractivity contribution in [1.29, 1.82) is 0 Å². The number of aromatic amines is 1. The molecule has 1 N–H and O–H groups in total. The van der Waals surface area contributed by atoms with Crippen LogP contribution in [0.1, 0.15) is 84.8 Å². The van der Waals surface area contributed by atoms with Crippen LogP contribution in [-0.2, 0) is 20.0 Å². The van der Waals surface area contributed by atoms with E-state index in [0.29, 0.717) is 24.5 Å². The number of carbonyl (C=O) groups excluding carboxylic acids is 1. The highest BCUT2D eigenvalue weighted by molar-refractivity contribution is 5.94. The van der Waals surface area contributed by atoms with E-state index in [9.17, 15) is 9.59 Å². The second-order valence-electron chi connectivity index (χ2n) is 9.78. The van der Waals surface area contributed by atoms with Crippen LogP contribution in [0, 0.1) is 5.92 Å². The molecular weight excluding hydrogens is 404 g/mol. The van der Waals surface area contributed by atoms with Gasteiger partial charge in [-0.25, -0.2) is 4.98 Å². The van der Waals surface area contributed by atoms with Gasteiger partial charge in [0.2, 0.25) is 0 Å². The summed E-state index contributed by atoms with van der Waals surface area (Å²) >= 11 is 0. The molecule has 5 rings (SSSR count). The van der Waals surface area contributed by atoms with Gasteiger partial charge in [0.25, 0.3) is 11.5 Å². The molecule has 32 heavy (non-hydrogen) atoms. The molecule has 0 aromatic carbocycles. The standard InChI is InChI=1S/C24H34N6O2/c1-28-15-18(13-25-28)24(32)30-11-6-5-9-21(30)22-26-20-10-12-29(16-19(20)23(31)27-22)14-17-7-3-2-4-8-17/h13,15,17,21H,2-12,14,16H2,1H3,(H,26,27,31)/t21-/m0/s1. The van der Waals surface area contributed by atoms with Crippen molar-refractivity contribution in [1.82, 2.24) is 29.5 Å². The summed E-state index contributed by atoms with van der Waals surface area (Å²) in [7, 11) is 1.81. The van der Waals surface area contributed by atoms with E-state index in [-0.39, 0.29) is 17.5 Å². The van der Waals surface area contributed by atoms with Crippen molar-refractivity contribution in [2.24, 2.45) is 13.0 Å². The molecule has 4 heterocycles. The van der Waals surface area contributed by atoms with Crippen molar-refractivity contribution in [2.75, 3.05) is 19.6 Å². The zero-order valence-electron chi connectivity index (χ0n) is 19.1. The van der Waals surface area contributed by atoms with Crippen molar-refractivity contribution in [3.05, 3.63) is 45.4 Å². The van der Waals surface area contributed by atoms with Crippen LogP contribution in [0.4, 0.5) is 0 Å². The number of piperidine rings is 1. The number of aryl methyl sites for hydroxylation is 1. The van der Waals surface area contributed by atoms with E-state index in [1.54, 1.807) is 17.1 Å². The van der Waals surface area contributed by atoms with Crippen LogP contribution >= 0.6 is 0 Å². The Bertz CT molecular complexity index is 1020. The number of nitrogens with one attached hydrogen (secondary N) is 1. The molecule has 0 bridgehead atoms. The Morgan fingerprint density at radius 1 is 1.12 bits per heavy atom. The molecule has 1 saturated carbocycles. The minimum absolute atomic E-state index is 0.0299. The summed E-state index contributed by atoms with van der Waals surface area (Å²) in [5.74, 6) is 1.37. The number of fused-ring (bicyclic) bond motifs is 1. The third-order valence-corrected chi connectivity index (χ3v) is 7.44. The first-order valence-corrected chi connectivity index (χ1v) is 12.2. The van der Waals surface area contributed by atoms with Gasteiger partial charge in [0, 0.05) is 45.8 Å². The first-order valence-electron chi connectivity index (χ1n) is 12.2. The molecule has 1 amide bonds. The lowest BCUT2D eigenvalue weighted by molar-refractivity contribution is 0.0598. The molecule has 1 saturated heterocycles. The lowest BCUT2D eigenvalue weighted by Gasteiger charge is -2.36. The Balaban J connectivity index is 1.35. The van der Waals surface area contributed by atoms with E-state index < -0.39 is 0 Å². The summed E-state index contributed by atoms with van der Waals surface area (Å²) in [5.41, 5.74) is 2.29. The average molecular weight is 439 g/mol. The van der Waals surface area contributed by atoms with Crippen molar-refractivity contribution in [3.63, 3.8) is 0 Å². The summed E-state index contributed by atoms with van der Waals surface area (Å²) in [6, 6.07) is -0.185. The lowest BCUT2D eigenvalue weighted by Crippen LogP contribution is -2.42. The predicted octanol–water partition coefficient (Wildman–Crippen LogP) is 2.81.